The Labute approximate surface area is 303 Å². The molecule has 14 nitrogen and oxygen atoms in total. The lowest BCUT2D eigenvalue weighted by Gasteiger charge is -2.64. The van der Waals surface area contributed by atoms with E-state index in [1.54, 1.807) is 47.6 Å². The van der Waals surface area contributed by atoms with E-state index < -0.39 is 118 Å². The number of allylic oxidation sites excluding steroid dienone is 3. The van der Waals surface area contributed by atoms with Crippen LogP contribution in [0.2, 0.25) is 0 Å². The van der Waals surface area contributed by atoms with Crippen molar-refractivity contribution in [3.8, 4) is 0 Å². The van der Waals surface area contributed by atoms with Crippen molar-refractivity contribution >= 4 is 23.3 Å². The second-order valence-electron chi connectivity index (χ2n) is 17.4. The van der Waals surface area contributed by atoms with Crippen molar-refractivity contribution in [3.05, 3.63) is 35.6 Å². The zero-order valence-electron chi connectivity index (χ0n) is 31.2. The smallest absolute Gasteiger partial charge is 0.303 e. The van der Waals surface area contributed by atoms with Crippen LogP contribution in [0.3, 0.4) is 0 Å². The minimum atomic E-state index is -2.19. The highest BCUT2D eigenvalue weighted by Gasteiger charge is 2.76. The molecule has 0 aromatic carbocycles. The van der Waals surface area contributed by atoms with Gasteiger partial charge in [0, 0.05) is 36.5 Å². The lowest BCUT2D eigenvalue weighted by atomic mass is 9.38. The quantitative estimate of drug-likeness (QED) is 0.102. The fraction of sp³-hybridized carbons (Fsp3) is 0.737. The molecule has 14 atom stereocenters. The van der Waals surface area contributed by atoms with Crippen molar-refractivity contribution in [2.24, 2.45) is 39.4 Å². The number of aliphatic hydroxyl groups is 7. The third-order valence-electron chi connectivity index (χ3n) is 13.2. The molecule has 14 unspecified atom stereocenters. The number of fused-ring (bicyclic) bond motifs is 5. The Morgan fingerprint density at radius 3 is 2.15 bits per heavy atom. The van der Waals surface area contributed by atoms with Crippen LogP contribution < -0.4 is 0 Å². The van der Waals surface area contributed by atoms with Crippen molar-refractivity contribution in [1.82, 2.24) is 0 Å². The Hall–Kier alpha value is -2.82. The summed E-state index contributed by atoms with van der Waals surface area (Å²) in [6, 6.07) is 0. The van der Waals surface area contributed by atoms with Crippen LogP contribution in [-0.2, 0) is 33.4 Å². The molecule has 0 aromatic rings. The van der Waals surface area contributed by atoms with Gasteiger partial charge in [-0.05, 0) is 70.1 Å². The molecule has 2 saturated carbocycles. The van der Waals surface area contributed by atoms with Gasteiger partial charge in [0.15, 0.2) is 11.5 Å². The highest BCUT2D eigenvalue weighted by Crippen LogP contribution is 2.73. The predicted molar refractivity (Wildman–Crippen MR) is 181 cm³/mol. The molecular weight excluding hydrogens is 680 g/mol. The van der Waals surface area contributed by atoms with Crippen molar-refractivity contribution in [2.45, 2.75) is 129 Å². The second-order valence-corrected chi connectivity index (χ2v) is 17.4. The SMILES string of the molecule is CC(=O)OC(C)(C)C=CC(=O)C(C)(O)C1C(O)CC2(C)C3C(O)C=C4C(C=C(OC5OC(CO)C(O)C(O)C5O)C(=O)C4(C)C)C3(C)C(=O)CC12C. The molecule has 4 aliphatic carbocycles. The van der Waals surface area contributed by atoms with Crippen LogP contribution in [0.25, 0.3) is 0 Å². The Bertz CT molecular complexity index is 1610. The zero-order valence-corrected chi connectivity index (χ0v) is 31.2. The number of ether oxygens (including phenoxy) is 3. The van der Waals surface area contributed by atoms with E-state index >= 15 is 0 Å². The summed E-state index contributed by atoms with van der Waals surface area (Å²) in [6.07, 6.45) is -5.45. The van der Waals surface area contributed by atoms with Gasteiger partial charge in [0.05, 0.1) is 24.2 Å². The maximum absolute atomic E-state index is 14.8. The van der Waals surface area contributed by atoms with Gasteiger partial charge < -0.3 is 50.0 Å². The third kappa shape index (κ3) is 5.85. The highest BCUT2D eigenvalue weighted by molar-refractivity contribution is 6.02. The fourth-order valence-corrected chi connectivity index (χ4v) is 10.4. The number of hydrogen-bond acceptors (Lipinski definition) is 14. The lowest BCUT2D eigenvalue weighted by Crippen LogP contribution is -2.67. The van der Waals surface area contributed by atoms with Crippen molar-refractivity contribution in [2.75, 3.05) is 6.61 Å². The summed E-state index contributed by atoms with van der Waals surface area (Å²) in [5.41, 5.74) is -7.92. The van der Waals surface area contributed by atoms with E-state index in [2.05, 4.69) is 0 Å². The third-order valence-corrected chi connectivity index (χ3v) is 13.2. The van der Waals surface area contributed by atoms with E-state index in [9.17, 15) is 54.9 Å². The first kappa shape index (κ1) is 40.4. The molecule has 0 spiro atoms. The highest BCUT2D eigenvalue weighted by atomic mass is 16.7. The van der Waals surface area contributed by atoms with E-state index in [0.29, 0.717) is 5.57 Å². The Morgan fingerprint density at radius 1 is 0.962 bits per heavy atom. The number of aliphatic hydroxyl groups excluding tert-OH is 6. The molecule has 3 fully saturated rings. The molecule has 14 heteroatoms. The molecule has 5 rings (SSSR count). The summed E-state index contributed by atoms with van der Waals surface area (Å²) in [7, 11) is 0. The number of rotatable bonds is 8. The monoisotopic (exact) mass is 734 g/mol. The average molecular weight is 735 g/mol. The molecule has 5 aliphatic rings. The fourth-order valence-electron chi connectivity index (χ4n) is 10.4. The van der Waals surface area contributed by atoms with Gasteiger partial charge in [0.25, 0.3) is 0 Å². The Kier molecular flexibility index (Phi) is 10.0. The van der Waals surface area contributed by atoms with Crippen molar-refractivity contribution in [3.63, 3.8) is 0 Å². The van der Waals surface area contributed by atoms with E-state index in [1.807, 2.05) is 6.92 Å². The molecule has 1 saturated heterocycles. The molecule has 0 bridgehead atoms. The first-order valence-corrected chi connectivity index (χ1v) is 17.7. The first-order chi connectivity index (χ1) is 23.7. The van der Waals surface area contributed by atoms with Crippen LogP contribution in [0, 0.1) is 39.4 Å². The molecular formula is C38H54O14. The van der Waals surface area contributed by atoms with Crippen LogP contribution in [0.1, 0.15) is 75.2 Å². The van der Waals surface area contributed by atoms with E-state index in [0.717, 1.165) is 6.08 Å². The molecule has 7 N–H and O–H groups in total. The van der Waals surface area contributed by atoms with Gasteiger partial charge >= 0.3 is 5.97 Å². The predicted octanol–water partition coefficient (Wildman–Crippen LogP) is 0.420. The number of Topliss-reactive ketones (excluding diaryl/α,β-unsaturated/α-hetero) is 2. The zero-order chi connectivity index (χ0) is 39.3. The van der Waals surface area contributed by atoms with Gasteiger partial charge in [-0.25, -0.2) is 0 Å². The molecule has 0 aromatic heterocycles. The van der Waals surface area contributed by atoms with E-state index in [-0.39, 0.29) is 24.4 Å². The van der Waals surface area contributed by atoms with Crippen LogP contribution in [0.4, 0.5) is 0 Å². The summed E-state index contributed by atoms with van der Waals surface area (Å²) in [5.74, 6) is -5.39. The first-order valence-electron chi connectivity index (χ1n) is 17.7. The molecule has 0 amide bonds. The molecule has 52 heavy (non-hydrogen) atoms. The Morgan fingerprint density at radius 2 is 1.58 bits per heavy atom. The van der Waals surface area contributed by atoms with Gasteiger partial charge in [-0.2, -0.15) is 0 Å². The normalized spacial score (nSPS) is 44.2. The largest absolute Gasteiger partial charge is 0.459 e. The summed E-state index contributed by atoms with van der Waals surface area (Å²) in [4.78, 5) is 53.9. The van der Waals surface area contributed by atoms with E-state index in [4.69, 9.17) is 14.2 Å². The minimum absolute atomic E-state index is 0.0149. The molecule has 0 radical (unpaired) electrons. The van der Waals surface area contributed by atoms with Crippen molar-refractivity contribution in [1.29, 1.82) is 0 Å². The lowest BCUT2D eigenvalue weighted by molar-refractivity contribution is -0.291. The molecule has 1 aliphatic heterocycles. The molecule has 1 heterocycles. The average Bonchev–Trinajstić information content (AvgIpc) is 3.23. The number of hydrogen-bond donors (Lipinski definition) is 7. The maximum atomic E-state index is 14.8. The Balaban J connectivity index is 1.56. The summed E-state index contributed by atoms with van der Waals surface area (Å²) in [5, 5.41) is 76.6. The number of esters is 1. The van der Waals surface area contributed by atoms with Crippen LogP contribution in [-0.4, -0.2) is 120 Å². The van der Waals surface area contributed by atoms with Crippen LogP contribution in [0.15, 0.2) is 35.6 Å². The standard InChI is InChI=1S/C38H54O14/c1-17(40)52-33(2,3)11-10-24(43)38(9,49)30-21(42)14-35(6)29-20(41)12-18-19(37(29,8)25(44)15-36(30,35)7)13-22(31(48)34(18,4)5)50-32-28(47)27(46)26(45)23(16-39)51-32/h10-13,19-21,23,26-30,32,39,41-42,45-47,49H,14-16H2,1-9H3. The number of carbonyl (C=O) groups excluding carboxylic acids is 4. The van der Waals surface area contributed by atoms with Crippen molar-refractivity contribution < 1.29 is 69.1 Å². The van der Waals surface area contributed by atoms with E-state index in [1.165, 1.54) is 26.0 Å². The number of carbonyl (C=O) groups is 4. The second kappa shape index (κ2) is 12.9. The number of ketones is 3. The summed E-state index contributed by atoms with van der Waals surface area (Å²) in [6.45, 7) is 13.4. The van der Waals surface area contributed by atoms with Gasteiger partial charge in [0.1, 0.15) is 41.4 Å². The van der Waals surface area contributed by atoms with Gasteiger partial charge in [0.2, 0.25) is 12.1 Å². The summed E-state index contributed by atoms with van der Waals surface area (Å²) < 4.78 is 16.6. The maximum Gasteiger partial charge on any atom is 0.303 e. The van der Waals surface area contributed by atoms with Gasteiger partial charge in [-0.15, -0.1) is 0 Å². The topological polar surface area (TPSA) is 238 Å². The van der Waals surface area contributed by atoms with Crippen LogP contribution >= 0.6 is 0 Å². The summed E-state index contributed by atoms with van der Waals surface area (Å²) >= 11 is 0. The molecule has 290 valence electrons. The van der Waals surface area contributed by atoms with Gasteiger partial charge in [-0.3, -0.25) is 19.2 Å². The minimum Gasteiger partial charge on any atom is -0.459 e. The van der Waals surface area contributed by atoms with Crippen LogP contribution in [0.5, 0.6) is 0 Å². The van der Waals surface area contributed by atoms with Gasteiger partial charge in [-0.1, -0.05) is 32.4 Å².